The number of fused-ring (bicyclic) bond motifs is 1. The molecule has 2 heterocycles. The van der Waals surface area contributed by atoms with Crippen LogP contribution in [0.4, 0.5) is 0 Å². The summed E-state index contributed by atoms with van der Waals surface area (Å²) in [7, 11) is 3.24. The zero-order valence-electron chi connectivity index (χ0n) is 16.8. The summed E-state index contributed by atoms with van der Waals surface area (Å²) in [5, 5.41) is 6.03. The van der Waals surface area contributed by atoms with Gasteiger partial charge in [0.15, 0.2) is 0 Å². The molecule has 0 aliphatic carbocycles. The van der Waals surface area contributed by atoms with Gasteiger partial charge in [0, 0.05) is 24.0 Å². The number of benzene rings is 2. The molecule has 2 N–H and O–H groups in total. The van der Waals surface area contributed by atoms with Crippen molar-refractivity contribution in [3.63, 3.8) is 0 Å². The molecule has 0 bridgehead atoms. The molecule has 158 valence electrons. The van der Waals surface area contributed by atoms with Crippen molar-refractivity contribution in [3.8, 4) is 28.4 Å². The van der Waals surface area contributed by atoms with E-state index in [1.807, 2.05) is 30.3 Å². The Hall–Kier alpha value is -2.93. The lowest BCUT2D eigenvalue weighted by molar-refractivity contribution is -0.126. The second-order valence-corrected chi connectivity index (χ2v) is 7.77. The van der Waals surface area contributed by atoms with Gasteiger partial charge < -0.3 is 24.8 Å². The number of nitrogens with one attached hydrogen (secondary N) is 2. The quantitative estimate of drug-likeness (QED) is 0.736. The fraction of sp³-hybridized carbons (Fsp3) is 0.364. The Morgan fingerprint density at radius 1 is 1.27 bits per heavy atom. The van der Waals surface area contributed by atoms with Crippen molar-refractivity contribution < 1.29 is 23.8 Å². The van der Waals surface area contributed by atoms with Gasteiger partial charge in [-0.1, -0.05) is 11.6 Å². The number of carbonyl (C=O) groups excluding carboxylic acids is 2. The summed E-state index contributed by atoms with van der Waals surface area (Å²) in [5.74, 6) is 1.79. The Labute approximate surface area is 179 Å². The van der Waals surface area contributed by atoms with Gasteiger partial charge in [-0.25, -0.2) is 0 Å². The number of halogens is 1. The van der Waals surface area contributed by atoms with E-state index in [9.17, 15) is 9.59 Å². The minimum Gasteiger partial charge on any atom is -0.497 e. The highest BCUT2D eigenvalue weighted by Gasteiger charge is 2.30. The van der Waals surface area contributed by atoms with E-state index >= 15 is 0 Å². The standard InChI is InChI=1S/C22H23ClN2O5/c1-28-14-3-5-19(29-2)16(10-14)12-7-13-8-15(30-21(13)17(23)9-12)11-24-22(27)18-4-6-20(26)25-18/h3,5,7,9-10,15,18H,4,6,8,11H2,1-2H3,(H,24,27)(H,25,26)/t15-,18-/m0/s1. The summed E-state index contributed by atoms with van der Waals surface area (Å²) in [6.45, 7) is 0.341. The zero-order chi connectivity index (χ0) is 21.3. The van der Waals surface area contributed by atoms with E-state index in [1.54, 1.807) is 14.2 Å². The van der Waals surface area contributed by atoms with E-state index in [4.69, 9.17) is 25.8 Å². The second kappa shape index (κ2) is 8.44. The molecule has 0 radical (unpaired) electrons. The number of ether oxygens (including phenoxy) is 3. The van der Waals surface area contributed by atoms with Crippen molar-refractivity contribution >= 4 is 23.4 Å². The van der Waals surface area contributed by atoms with Crippen LogP contribution >= 0.6 is 11.6 Å². The van der Waals surface area contributed by atoms with Gasteiger partial charge in [-0.2, -0.15) is 0 Å². The van der Waals surface area contributed by atoms with Gasteiger partial charge in [0.2, 0.25) is 11.8 Å². The Morgan fingerprint density at radius 3 is 2.80 bits per heavy atom. The largest absolute Gasteiger partial charge is 0.497 e. The topological polar surface area (TPSA) is 85.9 Å². The maximum Gasteiger partial charge on any atom is 0.242 e. The molecule has 0 saturated carbocycles. The van der Waals surface area contributed by atoms with Crippen LogP contribution in [0.2, 0.25) is 5.02 Å². The monoisotopic (exact) mass is 430 g/mol. The molecule has 2 amide bonds. The van der Waals surface area contributed by atoms with E-state index in [2.05, 4.69) is 10.6 Å². The molecule has 0 spiro atoms. The van der Waals surface area contributed by atoms with E-state index in [1.165, 1.54) is 0 Å². The lowest BCUT2D eigenvalue weighted by Crippen LogP contribution is -2.44. The summed E-state index contributed by atoms with van der Waals surface area (Å²) in [5.41, 5.74) is 2.74. The lowest BCUT2D eigenvalue weighted by atomic mass is 9.99. The third-order valence-electron chi connectivity index (χ3n) is 5.39. The molecule has 2 aromatic rings. The molecule has 2 aliphatic heterocycles. The molecule has 2 atom stereocenters. The Kier molecular flexibility index (Phi) is 5.72. The molecule has 1 saturated heterocycles. The van der Waals surface area contributed by atoms with Crippen LogP contribution in [-0.2, 0) is 16.0 Å². The predicted molar refractivity (Wildman–Crippen MR) is 112 cm³/mol. The minimum atomic E-state index is -0.461. The van der Waals surface area contributed by atoms with Gasteiger partial charge in [-0.3, -0.25) is 9.59 Å². The van der Waals surface area contributed by atoms with Crippen LogP contribution in [0.15, 0.2) is 30.3 Å². The Bertz CT molecular complexity index is 994. The second-order valence-electron chi connectivity index (χ2n) is 7.36. The van der Waals surface area contributed by atoms with Crippen molar-refractivity contribution in [1.82, 2.24) is 10.6 Å². The van der Waals surface area contributed by atoms with E-state index < -0.39 is 6.04 Å². The van der Waals surface area contributed by atoms with Crippen LogP contribution in [0.5, 0.6) is 17.2 Å². The molecule has 2 aliphatic rings. The lowest BCUT2D eigenvalue weighted by Gasteiger charge is -2.15. The third-order valence-corrected chi connectivity index (χ3v) is 5.67. The summed E-state index contributed by atoms with van der Waals surface area (Å²) in [4.78, 5) is 23.5. The highest BCUT2D eigenvalue weighted by molar-refractivity contribution is 6.32. The van der Waals surface area contributed by atoms with Crippen molar-refractivity contribution in [2.24, 2.45) is 0 Å². The molecule has 30 heavy (non-hydrogen) atoms. The fourth-order valence-electron chi connectivity index (χ4n) is 3.84. The molecular weight excluding hydrogens is 408 g/mol. The fourth-order valence-corrected chi connectivity index (χ4v) is 4.13. The molecule has 0 unspecified atom stereocenters. The molecule has 0 aromatic heterocycles. The van der Waals surface area contributed by atoms with Gasteiger partial charge in [0.25, 0.3) is 0 Å². The maximum atomic E-state index is 12.2. The smallest absolute Gasteiger partial charge is 0.242 e. The molecule has 7 nitrogen and oxygen atoms in total. The van der Waals surface area contributed by atoms with Gasteiger partial charge in [0.1, 0.15) is 29.4 Å². The summed E-state index contributed by atoms with van der Waals surface area (Å²) < 4.78 is 16.8. The van der Waals surface area contributed by atoms with Crippen molar-refractivity contribution in [1.29, 1.82) is 0 Å². The maximum absolute atomic E-state index is 12.2. The van der Waals surface area contributed by atoms with E-state index in [-0.39, 0.29) is 17.9 Å². The zero-order valence-corrected chi connectivity index (χ0v) is 17.5. The number of hydrogen-bond donors (Lipinski definition) is 2. The van der Waals surface area contributed by atoms with Crippen molar-refractivity contribution in [3.05, 3.63) is 40.9 Å². The van der Waals surface area contributed by atoms with Crippen molar-refractivity contribution in [2.45, 2.75) is 31.4 Å². The average Bonchev–Trinajstić information content (AvgIpc) is 3.37. The first-order valence-electron chi connectivity index (χ1n) is 9.77. The first kappa shape index (κ1) is 20.3. The van der Waals surface area contributed by atoms with Crippen LogP contribution < -0.4 is 24.8 Å². The first-order valence-corrected chi connectivity index (χ1v) is 10.1. The van der Waals surface area contributed by atoms with Gasteiger partial charge in [-0.05, 0) is 42.3 Å². The molecular formula is C22H23ClN2O5. The summed E-state index contributed by atoms with van der Waals surface area (Å²) in [6.07, 6.45) is 1.30. The van der Waals surface area contributed by atoms with Crippen LogP contribution in [0, 0.1) is 0 Å². The van der Waals surface area contributed by atoms with Crippen LogP contribution in [0.1, 0.15) is 18.4 Å². The Balaban J connectivity index is 1.49. The third kappa shape index (κ3) is 4.03. The normalized spacial score (nSPS) is 19.6. The number of carbonyl (C=O) groups is 2. The highest BCUT2D eigenvalue weighted by atomic mass is 35.5. The molecule has 2 aromatic carbocycles. The van der Waals surface area contributed by atoms with E-state index in [0.29, 0.717) is 42.3 Å². The van der Waals surface area contributed by atoms with Gasteiger partial charge in [-0.15, -0.1) is 0 Å². The average molecular weight is 431 g/mol. The summed E-state index contributed by atoms with van der Waals surface area (Å²) >= 11 is 6.51. The number of amides is 2. The SMILES string of the molecule is COc1ccc(OC)c(-c2cc(Cl)c3c(c2)C[C@@H](CNC(=O)[C@@H]2CCC(=O)N2)O3)c1. The number of hydrogen-bond acceptors (Lipinski definition) is 5. The number of methoxy groups -OCH3 is 2. The van der Waals surface area contributed by atoms with Gasteiger partial charge >= 0.3 is 0 Å². The summed E-state index contributed by atoms with van der Waals surface area (Å²) in [6, 6.07) is 9.00. The van der Waals surface area contributed by atoms with Crippen LogP contribution in [-0.4, -0.2) is 44.7 Å². The highest BCUT2D eigenvalue weighted by Crippen LogP contribution is 2.42. The van der Waals surface area contributed by atoms with Crippen LogP contribution in [0.25, 0.3) is 11.1 Å². The minimum absolute atomic E-state index is 0.0908. The molecule has 8 heteroatoms. The molecule has 1 fully saturated rings. The van der Waals surface area contributed by atoms with E-state index in [0.717, 1.165) is 22.4 Å². The van der Waals surface area contributed by atoms with Crippen LogP contribution in [0.3, 0.4) is 0 Å². The van der Waals surface area contributed by atoms with Gasteiger partial charge in [0.05, 0.1) is 25.8 Å². The Morgan fingerprint density at radius 2 is 2.10 bits per heavy atom. The van der Waals surface area contributed by atoms with Crippen molar-refractivity contribution in [2.75, 3.05) is 20.8 Å². The number of rotatable bonds is 6. The predicted octanol–water partition coefficient (Wildman–Crippen LogP) is 2.72. The molecule has 4 rings (SSSR count). The first-order chi connectivity index (χ1) is 14.5.